The number of aromatic nitrogens is 2. The van der Waals surface area contributed by atoms with E-state index in [2.05, 4.69) is 5.10 Å². The number of nitrogens with zero attached hydrogens (tertiary/aromatic N) is 2. The third-order valence-corrected chi connectivity index (χ3v) is 3.69. The molecule has 0 spiro atoms. The molecule has 0 atom stereocenters. The number of pyridine rings is 1. The van der Waals surface area contributed by atoms with E-state index >= 15 is 0 Å². The second-order valence-electron chi connectivity index (χ2n) is 4.02. The predicted molar refractivity (Wildman–Crippen MR) is 75.1 cm³/mol. The Kier molecular flexibility index (Phi) is 3.01. The van der Waals surface area contributed by atoms with Crippen molar-refractivity contribution in [1.29, 1.82) is 0 Å². The van der Waals surface area contributed by atoms with Gasteiger partial charge >= 0.3 is 0 Å². The maximum absolute atomic E-state index is 12.5. The Morgan fingerprint density at radius 3 is 2.74 bits per heavy atom. The highest BCUT2D eigenvalue weighted by molar-refractivity contribution is 6.44. The van der Waals surface area contributed by atoms with Crippen LogP contribution in [0.3, 0.4) is 0 Å². The molecule has 0 aliphatic rings. The summed E-state index contributed by atoms with van der Waals surface area (Å²) >= 11 is 12.0. The first-order valence-corrected chi connectivity index (χ1v) is 6.35. The van der Waals surface area contributed by atoms with Crippen LogP contribution in [0.1, 0.15) is 15.9 Å². The first kappa shape index (κ1) is 12.2. The number of rotatable bonds is 2. The molecule has 0 amide bonds. The zero-order valence-corrected chi connectivity index (χ0v) is 11.2. The standard InChI is InChI=1S/C14H8Cl2N2O/c15-11-5-3-4-9(13(11)16)14(19)10-8-17-18-7-2-1-6-12(10)18/h1-8H. The minimum atomic E-state index is -0.186. The molecule has 0 aliphatic heterocycles. The van der Waals surface area contributed by atoms with Crippen molar-refractivity contribution in [3.8, 4) is 0 Å². The van der Waals surface area contributed by atoms with Gasteiger partial charge in [-0.15, -0.1) is 0 Å². The molecule has 94 valence electrons. The third-order valence-electron chi connectivity index (χ3n) is 2.87. The molecule has 19 heavy (non-hydrogen) atoms. The van der Waals surface area contributed by atoms with E-state index in [-0.39, 0.29) is 10.8 Å². The molecule has 0 bridgehead atoms. The van der Waals surface area contributed by atoms with Crippen LogP contribution in [0.4, 0.5) is 0 Å². The lowest BCUT2D eigenvalue weighted by Crippen LogP contribution is -2.02. The quantitative estimate of drug-likeness (QED) is 0.672. The maximum atomic E-state index is 12.5. The summed E-state index contributed by atoms with van der Waals surface area (Å²) in [4.78, 5) is 12.5. The Morgan fingerprint density at radius 1 is 1.05 bits per heavy atom. The molecule has 3 rings (SSSR count). The van der Waals surface area contributed by atoms with Crippen LogP contribution in [0.25, 0.3) is 5.52 Å². The highest BCUT2D eigenvalue weighted by Gasteiger charge is 2.18. The molecule has 0 unspecified atom stereocenters. The summed E-state index contributed by atoms with van der Waals surface area (Å²) < 4.78 is 1.64. The van der Waals surface area contributed by atoms with Crippen molar-refractivity contribution in [2.45, 2.75) is 0 Å². The van der Waals surface area contributed by atoms with Crippen molar-refractivity contribution in [2.24, 2.45) is 0 Å². The molecule has 0 aliphatic carbocycles. The van der Waals surface area contributed by atoms with E-state index in [1.807, 2.05) is 18.2 Å². The fourth-order valence-electron chi connectivity index (χ4n) is 1.93. The van der Waals surface area contributed by atoms with Crippen LogP contribution in [-0.4, -0.2) is 15.4 Å². The van der Waals surface area contributed by atoms with Gasteiger partial charge in [-0.25, -0.2) is 4.52 Å². The van der Waals surface area contributed by atoms with E-state index in [1.165, 1.54) is 6.20 Å². The highest BCUT2D eigenvalue weighted by atomic mass is 35.5. The molecule has 0 N–H and O–H groups in total. The highest BCUT2D eigenvalue weighted by Crippen LogP contribution is 2.28. The van der Waals surface area contributed by atoms with E-state index in [0.717, 1.165) is 5.52 Å². The molecule has 3 nitrogen and oxygen atoms in total. The summed E-state index contributed by atoms with van der Waals surface area (Å²) in [6, 6.07) is 10.5. The number of hydrogen-bond acceptors (Lipinski definition) is 2. The predicted octanol–water partition coefficient (Wildman–Crippen LogP) is 3.87. The third kappa shape index (κ3) is 2.01. The zero-order valence-electron chi connectivity index (χ0n) is 9.68. The summed E-state index contributed by atoms with van der Waals surface area (Å²) in [7, 11) is 0. The second kappa shape index (κ2) is 4.68. The van der Waals surface area contributed by atoms with Gasteiger partial charge in [0.15, 0.2) is 5.78 Å². The molecule has 0 radical (unpaired) electrons. The number of benzene rings is 1. The van der Waals surface area contributed by atoms with Crippen LogP contribution in [0.15, 0.2) is 48.8 Å². The van der Waals surface area contributed by atoms with E-state index in [1.54, 1.807) is 28.9 Å². The second-order valence-corrected chi connectivity index (χ2v) is 4.80. The van der Waals surface area contributed by atoms with E-state index in [4.69, 9.17) is 23.2 Å². The van der Waals surface area contributed by atoms with Crippen LogP contribution in [0.5, 0.6) is 0 Å². The SMILES string of the molecule is O=C(c1cccc(Cl)c1Cl)c1cnn2ccccc12. The van der Waals surface area contributed by atoms with E-state index in [0.29, 0.717) is 16.1 Å². The van der Waals surface area contributed by atoms with Gasteiger partial charge < -0.3 is 0 Å². The first-order chi connectivity index (χ1) is 9.18. The van der Waals surface area contributed by atoms with Gasteiger partial charge in [0.25, 0.3) is 0 Å². The minimum absolute atomic E-state index is 0.186. The van der Waals surface area contributed by atoms with Crippen molar-refractivity contribution in [2.75, 3.05) is 0 Å². The van der Waals surface area contributed by atoms with Crippen molar-refractivity contribution < 1.29 is 4.79 Å². The van der Waals surface area contributed by atoms with Crippen LogP contribution in [-0.2, 0) is 0 Å². The number of hydrogen-bond donors (Lipinski definition) is 0. The number of fused-ring (bicyclic) bond motifs is 1. The number of carbonyl (C=O) groups is 1. The van der Waals surface area contributed by atoms with Crippen LogP contribution in [0, 0.1) is 0 Å². The van der Waals surface area contributed by atoms with Gasteiger partial charge in [-0.05, 0) is 24.3 Å². The van der Waals surface area contributed by atoms with Gasteiger partial charge in [-0.3, -0.25) is 4.79 Å². The first-order valence-electron chi connectivity index (χ1n) is 5.59. The largest absolute Gasteiger partial charge is 0.288 e. The van der Waals surface area contributed by atoms with Crippen molar-refractivity contribution >= 4 is 34.5 Å². The van der Waals surface area contributed by atoms with Gasteiger partial charge in [-0.2, -0.15) is 5.10 Å². The minimum Gasteiger partial charge on any atom is -0.288 e. The fraction of sp³-hybridized carbons (Fsp3) is 0. The zero-order chi connectivity index (χ0) is 13.4. The summed E-state index contributed by atoms with van der Waals surface area (Å²) in [6.07, 6.45) is 3.32. The van der Waals surface area contributed by atoms with E-state index in [9.17, 15) is 4.79 Å². The van der Waals surface area contributed by atoms with Gasteiger partial charge in [-0.1, -0.05) is 35.3 Å². The monoisotopic (exact) mass is 290 g/mol. The number of halogens is 2. The fourth-order valence-corrected chi connectivity index (χ4v) is 2.32. The lowest BCUT2D eigenvalue weighted by atomic mass is 10.0. The summed E-state index contributed by atoms with van der Waals surface area (Å²) in [5.41, 5.74) is 1.63. The summed E-state index contributed by atoms with van der Waals surface area (Å²) in [5.74, 6) is -0.186. The van der Waals surface area contributed by atoms with Gasteiger partial charge in [0.1, 0.15) is 0 Å². The van der Waals surface area contributed by atoms with Crippen molar-refractivity contribution in [1.82, 2.24) is 9.61 Å². The molecule has 0 saturated carbocycles. The molecule has 2 heterocycles. The van der Waals surface area contributed by atoms with Gasteiger partial charge in [0, 0.05) is 11.8 Å². The molecular formula is C14H8Cl2N2O. The summed E-state index contributed by atoms with van der Waals surface area (Å²) in [6.45, 7) is 0. The van der Waals surface area contributed by atoms with Crippen LogP contribution in [0.2, 0.25) is 10.0 Å². The smallest absolute Gasteiger partial charge is 0.198 e. The Hall–Kier alpha value is -1.84. The van der Waals surface area contributed by atoms with Crippen LogP contribution < -0.4 is 0 Å². The Bertz CT molecular complexity index is 780. The topological polar surface area (TPSA) is 34.4 Å². The van der Waals surface area contributed by atoms with Crippen LogP contribution >= 0.6 is 23.2 Å². The lowest BCUT2D eigenvalue weighted by Gasteiger charge is -2.03. The number of carbonyl (C=O) groups excluding carboxylic acids is 1. The lowest BCUT2D eigenvalue weighted by molar-refractivity contribution is 0.104. The molecule has 2 aromatic heterocycles. The molecule has 1 aromatic carbocycles. The average Bonchev–Trinajstić information content (AvgIpc) is 2.85. The molecule has 0 saturated heterocycles. The normalized spacial score (nSPS) is 10.8. The Morgan fingerprint density at radius 2 is 1.89 bits per heavy atom. The molecular weight excluding hydrogens is 283 g/mol. The van der Waals surface area contributed by atoms with E-state index < -0.39 is 0 Å². The Labute approximate surface area is 119 Å². The Balaban J connectivity index is 2.17. The number of ketones is 1. The van der Waals surface area contributed by atoms with Crippen molar-refractivity contribution in [3.63, 3.8) is 0 Å². The average molecular weight is 291 g/mol. The van der Waals surface area contributed by atoms with Crippen molar-refractivity contribution in [3.05, 3.63) is 70.0 Å². The van der Waals surface area contributed by atoms with Gasteiger partial charge in [0.2, 0.25) is 0 Å². The maximum Gasteiger partial charge on any atom is 0.198 e. The molecule has 3 aromatic rings. The van der Waals surface area contributed by atoms with Gasteiger partial charge in [0.05, 0.1) is 27.3 Å². The summed E-state index contributed by atoms with van der Waals surface area (Å²) in [5, 5.41) is 4.77. The molecule has 0 fully saturated rings. The molecule has 5 heteroatoms.